The maximum absolute atomic E-state index is 11.8. The van der Waals surface area contributed by atoms with Crippen molar-refractivity contribution in [2.45, 2.75) is 58.0 Å². The quantitative estimate of drug-likeness (QED) is 0.866. The van der Waals surface area contributed by atoms with Crippen molar-refractivity contribution in [1.82, 2.24) is 20.1 Å². The van der Waals surface area contributed by atoms with Crippen molar-refractivity contribution in [3.8, 4) is 0 Å². The van der Waals surface area contributed by atoms with Gasteiger partial charge in [0.25, 0.3) is 0 Å². The number of rotatable bonds is 3. The van der Waals surface area contributed by atoms with Crippen LogP contribution in [-0.4, -0.2) is 25.4 Å². The fourth-order valence-electron chi connectivity index (χ4n) is 1.29. The van der Waals surface area contributed by atoms with Gasteiger partial charge in [-0.05, 0) is 0 Å². The molecule has 0 aliphatic carbocycles. The maximum atomic E-state index is 11.8. The van der Waals surface area contributed by atoms with E-state index in [4.69, 9.17) is 0 Å². The first kappa shape index (κ1) is 16.0. The molecule has 1 amide bonds. The van der Waals surface area contributed by atoms with Gasteiger partial charge in [0, 0.05) is 17.2 Å². The lowest BCUT2D eigenvalue weighted by Crippen LogP contribution is -2.34. The molecule has 1 rings (SSSR count). The van der Waals surface area contributed by atoms with Crippen molar-refractivity contribution in [2.24, 2.45) is 12.5 Å². The van der Waals surface area contributed by atoms with E-state index in [2.05, 4.69) is 36.3 Å². The molecule has 0 fully saturated rings. The van der Waals surface area contributed by atoms with E-state index >= 15 is 0 Å². The summed E-state index contributed by atoms with van der Waals surface area (Å²) in [6, 6.07) is 0. The SMILES string of the molecule is Cn1c(CNC(=O)C(C)(C)C)nnc1SC(C)(C)C. The fraction of sp³-hybridized carbons (Fsp3) is 0.769. The molecular formula is C13H24N4OS. The highest BCUT2D eigenvalue weighted by atomic mass is 32.2. The van der Waals surface area contributed by atoms with Crippen LogP contribution in [-0.2, 0) is 18.4 Å². The first-order valence-corrected chi connectivity index (χ1v) is 7.18. The molecule has 0 radical (unpaired) electrons. The molecule has 0 unspecified atom stereocenters. The second-order valence-corrected chi connectivity index (χ2v) is 8.40. The normalized spacial score (nSPS) is 12.6. The van der Waals surface area contributed by atoms with Gasteiger partial charge in [-0.25, -0.2) is 0 Å². The molecule has 1 N–H and O–H groups in total. The maximum Gasteiger partial charge on any atom is 0.225 e. The van der Waals surface area contributed by atoms with E-state index < -0.39 is 0 Å². The Morgan fingerprint density at radius 2 is 1.79 bits per heavy atom. The van der Waals surface area contributed by atoms with Crippen LogP contribution in [0.3, 0.4) is 0 Å². The summed E-state index contributed by atoms with van der Waals surface area (Å²) in [4.78, 5) is 11.8. The molecule has 0 saturated carbocycles. The average molecular weight is 284 g/mol. The first-order valence-electron chi connectivity index (χ1n) is 6.36. The van der Waals surface area contributed by atoms with Crippen LogP contribution >= 0.6 is 11.8 Å². The zero-order valence-corrected chi connectivity index (χ0v) is 13.7. The Morgan fingerprint density at radius 3 is 2.26 bits per heavy atom. The summed E-state index contributed by atoms with van der Waals surface area (Å²) in [5, 5.41) is 12.0. The molecule has 0 atom stereocenters. The van der Waals surface area contributed by atoms with Crippen LogP contribution in [0.5, 0.6) is 0 Å². The lowest BCUT2D eigenvalue weighted by atomic mass is 9.96. The van der Waals surface area contributed by atoms with Crippen LogP contribution in [0.4, 0.5) is 0 Å². The highest BCUT2D eigenvalue weighted by Crippen LogP contribution is 2.30. The van der Waals surface area contributed by atoms with Crippen molar-refractivity contribution >= 4 is 17.7 Å². The summed E-state index contributed by atoms with van der Waals surface area (Å²) >= 11 is 1.66. The van der Waals surface area contributed by atoms with Crippen molar-refractivity contribution in [3.05, 3.63) is 5.82 Å². The minimum atomic E-state index is -0.387. The summed E-state index contributed by atoms with van der Waals surface area (Å²) in [6.45, 7) is 12.5. The van der Waals surface area contributed by atoms with Crippen molar-refractivity contribution in [2.75, 3.05) is 0 Å². The third kappa shape index (κ3) is 4.86. The highest BCUT2D eigenvalue weighted by Gasteiger charge is 2.22. The smallest absolute Gasteiger partial charge is 0.225 e. The van der Waals surface area contributed by atoms with Gasteiger partial charge in [0.05, 0.1) is 6.54 Å². The van der Waals surface area contributed by atoms with Crippen LogP contribution in [0.1, 0.15) is 47.4 Å². The van der Waals surface area contributed by atoms with Crippen LogP contribution in [0.15, 0.2) is 5.16 Å². The number of aromatic nitrogens is 3. The Bertz CT molecular complexity index is 454. The number of carbonyl (C=O) groups is 1. The fourth-order valence-corrected chi connectivity index (χ4v) is 2.16. The van der Waals surface area contributed by atoms with Crippen LogP contribution < -0.4 is 5.32 Å². The minimum Gasteiger partial charge on any atom is -0.348 e. The third-order valence-corrected chi connectivity index (χ3v) is 3.56. The van der Waals surface area contributed by atoms with Gasteiger partial charge in [-0.1, -0.05) is 53.3 Å². The first-order chi connectivity index (χ1) is 8.50. The molecule has 19 heavy (non-hydrogen) atoms. The summed E-state index contributed by atoms with van der Waals surface area (Å²) in [5.41, 5.74) is -0.387. The summed E-state index contributed by atoms with van der Waals surface area (Å²) in [6.07, 6.45) is 0. The summed E-state index contributed by atoms with van der Waals surface area (Å²) in [5.74, 6) is 0.782. The Balaban J connectivity index is 2.69. The number of thioether (sulfide) groups is 1. The van der Waals surface area contributed by atoms with E-state index in [1.807, 2.05) is 32.4 Å². The lowest BCUT2D eigenvalue weighted by Gasteiger charge is -2.18. The number of carbonyl (C=O) groups excluding carboxylic acids is 1. The van der Waals surface area contributed by atoms with E-state index in [0.29, 0.717) is 6.54 Å². The number of nitrogens with zero attached hydrogens (tertiary/aromatic N) is 3. The van der Waals surface area contributed by atoms with Gasteiger partial charge < -0.3 is 9.88 Å². The molecule has 0 spiro atoms. The topological polar surface area (TPSA) is 59.8 Å². The molecule has 1 aromatic heterocycles. The molecule has 0 saturated heterocycles. The highest BCUT2D eigenvalue weighted by molar-refractivity contribution is 8.00. The van der Waals surface area contributed by atoms with Gasteiger partial charge in [-0.15, -0.1) is 10.2 Å². The predicted octanol–water partition coefficient (Wildman–Crippen LogP) is 2.37. The van der Waals surface area contributed by atoms with E-state index in [1.54, 1.807) is 11.8 Å². The van der Waals surface area contributed by atoms with Gasteiger partial charge in [0.15, 0.2) is 11.0 Å². The van der Waals surface area contributed by atoms with Gasteiger partial charge in [0.1, 0.15) is 0 Å². The second-order valence-electron chi connectivity index (χ2n) is 6.60. The summed E-state index contributed by atoms with van der Waals surface area (Å²) in [7, 11) is 1.92. The average Bonchev–Trinajstić information content (AvgIpc) is 2.53. The van der Waals surface area contributed by atoms with Crippen molar-refractivity contribution in [1.29, 1.82) is 0 Å². The zero-order valence-electron chi connectivity index (χ0n) is 12.9. The Hall–Kier alpha value is -1.04. The van der Waals surface area contributed by atoms with Crippen molar-refractivity contribution in [3.63, 3.8) is 0 Å². The Kier molecular flexibility index (Phi) is 4.66. The standard InChI is InChI=1S/C13H24N4OS/c1-12(2,3)10(18)14-8-9-15-16-11(17(9)7)19-13(4,5)6/h8H2,1-7H3,(H,14,18). The molecule has 0 aliphatic rings. The van der Waals surface area contributed by atoms with Gasteiger partial charge in [-0.3, -0.25) is 4.79 Å². The van der Waals surface area contributed by atoms with Crippen LogP contribution in [0.2, 0.25) is 0 Å². The van der Waals surface area contributed by atoms with Crippen LogP contribution in [0.25, 0.3) is 0 Å². The minimum absolute atomic E-state index is 0.0144. The number of hydrogen-bond donors (Lipinski definition) is 1. The molecule has 1 aromatic rings. The molecule has 0 aromatic carbocycles. The van der Waals surface area contributed by atoms with E-state index in [9.17, 15) is 4.79 Å². The molecule has 6 heteroatoms. The molecule has 108 valence electrons. The molecule has 0 bridgehead atoms. The third-order valence-electron chi connectivity index (χ3n) is 2.41. The van der Waals surface area contributed by atoms with Gasteiger partial charge >= 0.3 is 0 Å². The Morgan fingerprint density at radius 1 is 1.21 bits per heavy atom. The van der Waals surface area contributed by atoms with Gasteiger partial charge in [-0.2, -0.15) is 0 Å². The predicted molar refractivity (Wildman–Crippen MR) is 77.9 cm³/mol. The summed E-state index contributed by atoms with van der Waals surface area (Å²) < 4.78 is 2.02. The van der Waals surface area contributed by atoms with Crippen LogP contribution in [0, 0.1) is 5.41 Å². The zero-order chi connectivity index (χ0) is 14.8. The number of nitrogens with one attached hydrogen (secondary N) is 1. The van der Waals surface area contributed by atoms with E-state index in [0.717, 1.165) is 11.0 Å². The number of hydrogen-bond acceptors (Lipinski definition) is 4. The van der Waals surface area contributed by atoms with E-state index in [1.165, 1.54) is 0 Å². The molecule has 0 aliphatic heterocycles. The molecule has 1 heterocycles. The molecular weight excluding hydrogens is 260 g/mol. The monoisotopic (exact) mass is 284 g/mol. The lowest BCUT2D eigenvalue weighted by molar-refractivity contribution is -0.128. The number of amides is 1. The Labute approximate surface area is 119 Å². The largest absolute Gasteiger partial charge is 0.348 e. The van der Waals surface area contributed by atoms with Crippen molar-refractivity contribution < 1.29 is 4.79 Å². The van der Waals surface area contributed by atoms with E-state index in [-0.39, 0.29) is 16.1 Å². The van der Waals surface area contributed by atoms with Gasteiger partial charge in [0.2, 0.25) is 5.91 Å². The second kappa shape index (κ2) is 5.53. The molecule has 5 nitrogen and oxygen atoms in total.